The Bertz CT molecular complexity index is 1780. The number of carbonyl (C=O) groups is 3. The van der Waals surface area contributed by atoms with Gasteiger partial charge in [0.1, 0.15) is 23.0 Å². The van der Waals surface area contributed by atoms with Gasteiger partial charge in [0.15, 0.2) is 17.3 Å². The molecule has 4 aromatic rings. The summed E-state index contributed by atoms with van der Waals surface area (Å²) < 4.78 is 21.2. The minimum absolute atomic E-state index is 0.140. The molecule has 1 spiro atoms. The maximum Gasteiger partial charge on any atom is 0.186 e. The second-order valence-corrected chi connectivity index (χ2v) is 11.0. The number of methoxy groups -OCH3 is 1. The molecule has 41 heavy (non-hydrogen) atoms. The molecule has 0 N–H and O–H groups in total. The smallest absolute Gasteiger partial charge is 0.186 e. The Morgan fingerprint density at radius 1 is 0.902 bits per heavy atom. The molecule has 0 saturated carbocycles. The molecule has 1 saturated heterocycles. The van der Waals surface area contributed by atoms with Gasteiger partial charge in [0, 0.05) is 33.3 Å². The van der Waals surface area contributed by atoms with Gasteiger partial charge in [-0.3, -0.25) is 14.4 Å². The predicted molar refractivity (Wildman–Crippen MR) is 155 cm³/mol. The Labute approximate surface area is 240 Å². The normalized spacial score (nSPS) is 21.5. The van der Waals surface area contributed by atoms with Crippen molar-refractivity contribution in [2.75, 3.05) is 12.0 Å². The number of ketones is 3. The molecule has 7 heteroatoms. The van der Waals surface area contributed by atoms with Crippen LogP contribution in [-0.2, 0) is 0 Å². The second-order valence-electron chi connectivity index (χ2n) is 10.5. The van der Waals surface area contributed by atoms with Crippen LogP contribution in [0.1, 0.15) is 48.1 Å². The zero-order valence-electron chi connectivity index (χ0n) is 21.9. The van der Waals surface area contributed by atoms with Gasteiger partial charge in [0.05, 0.1) is 13.2 Å². The summed E-state index contributed by atoms with van der Waals surface area (Å²) >= 11 is 6.33. The fourth-order valence-corrected chi connectivity index (χ4v) is 7.15. The number of anilines is 1. The first-order valence-corrected chi connectivity index (χ1v) is 13.6. The van der Waals surface area contributed by atoms with Crippen molar-refractivity contribution < 1.29 is 23.5 Å². The topological polar surface area (TPSA) is 63.7 Å². The van der Waals surface area contributed by atoms with Crippen LogP contribution in [0.15, 0.2) is 97.1 Å². The van der Waals surface area contributed by atoms with Gasteiger partial charge in [-0.25, -0.2) is 4.39 Å². The lowest BCUT2D eigenvalue weighted by molar-refractivity contribution is 0.0664. The molecular formula is C34H23ClFNO4. The van der Waals surface area contributed by atoms with Crippen molar-refractivity contribution in [1.29, 1.82) is 0 Å². The van der Waals surface area contributed by atoms with Crippen LogP contribution in [0.25, 0.3) is 6.08 Å². The van der Waals surface area contributed by atoms with Crippen LogP contribution in [0, 0.1) is 11.2 Å². The number of Topliss-reactive ketones (excluding diaryl/α,β-unsaturated/α-hetero) is 3. The average Bonchev–Trinajstić information content (AvgIpc) is 3.43. The van der Waals surface area contributed by atoms with Crippen molar-refractivity contribution in [2.45, 2.75) is 18.0 Å². The average molecular weight is 564 g/mol. The first-order valence-electron chi connectivity index (χ1n) is 13.3. The van der Waals surface area contributed by atoms with Crippen molar-refractivity contribution in [1.82, 2.24) is 0 Å². The third kappa shape index (κ3) is 3.44. The minimum Gasteiger partial charge on any atom is -0.497 e. The van der Waals surface area contributed by atoms with Crippen molar-refractivity contribution in [2.24, 2.45) is 5.41 Å². The molecule has 0 amide bonds. The third-order valence-corrected chi connectivity index (χ3v) is 8.86. The highest BCUT2D eigenvalue weighted by Gasteiger charge is 2.71. The highest BCUT2D eigenvalue weighted by molar-refractivity contribution is 6.32. The molecule has 4 aromatic carbocycles. The molecule has 2 aliphatic heterocycles. The van der Waals surface area contributed by atoms with E-state index in [2.05, 4.69) is 0 Å². The van der Waals surface area contributed by atoms with E-state index in [-0.39, 0.29) is 22.5 Å². The van der Waals surface area contributed by atoms with E-state index in [9.17, 15) is 14.4 Å². The maximum atomic E-state index is 15.8. The standard InChI is InChI=1S/C34H23ClFNO4/c1-41-22-8-6-7-20(18-22)31(38)30-29(25-11-4-5-12-26(25)36)34(32(39)23-9-2-3-10-24(23)33(34)40)28-16-13-19-17-21(35)14-15-27(19)37(28)30/h2-18,28-30H,1H3/t28-,29-,30+/m1/s1. The molecule has 1 fully saturated rings. The van der Waals surface area contributed by atoms with E-state index < -0.39 is 40.8 Å². The summed E-state index contributed by atoms with van der Waals surface area (Å²) in [7, 11) is 1.51. The Morgan fingerprint density at radius 3 is 2.32 bits per heavy atom. The first kappa shape index (κ1) is 25.4. The number of benzene rings is 4. The number of rotatable bonds is 4. The lowest BCUT2D eigenvalue weighted by Crippen LogP contribution is -2.48. The molecule has 3 aliphatic rings. The lowest BCUT2D eigenvalue weighted by atomic mass is 9.64. The largest absolute Gasteiger partial charge is 0.497 e. The van der Waals surface area contributed by atoms with Crippen LogP contribution < -0.4 is 9.64 Å². The quantitative estimate of drug-likeness (QED) is 0.202. The van der Waals surface area contributed by atoms with Crippen LogP contribution in [0.4, 0.5) is 10.1 Å². The maximum absolute atomic E-state index is 15.8. The van der Waals surface area contributed by atoms with Crippen molar-refractivity contribution in [3.8, 4) is 5.75 Å². The summed E-state index contributed by atoms with van der Waals surface area (Å²) in [5.74, 6) is -2.42. The molecule has 1 aliphatic carbocycles. The van der Waals surface area contributed by atoms with Gasteiger partial charge in [0.25, 0.3) is 0 Å². The summed E-state index contributed by atoms with van der Waals surface area (Å²) in [5, 5.41) is 0.502. The van der Waals surface area contributed by atoms with Crippen LogP contribution in [0.5, 0.6) is 5.75 Å². The number of hydrogen-bond acceptors (Lipinski definition) is 5. The van der Waals surface area contributed by atoms with Crippen LogP contribution in [-0.4, -0.2) is 36.5 Å². The van der Waals surface area contributed by atoms with E-state index >= 15 is 4.39 Å². The van der Waals surface area contributed by atoms with E-state index in [1.807, 2.05) is 11.0 Å². The van der Waals surface area contributed by atoms with E-state index in [0.717, 1.165) is 5.56 Å². The highest BCUT2D eigenvalue weighted by atomic mass is 35.5. The first-order chi connectivity index (χ1) is 19.9. The van der Waals surface area contributed by atoms with E-state index in [0.29, 0.717) is 22.0 Å². The van der Waals surface area contributed by atoms with Gasteiger partial charge in [-0.2, -0.15) is 0 Å². The molecule has 0 bridgehead atoms. The van der Waals surface area contributed by atoms with Crippen LogP contribution >= 0.6 is 11.6 Å². The molecule has 7 rings (SSSR count). The number of hydrogen-bond donors (Lipinski definition) is 0. The molecule has 3 atom stereocenters. The molecule has 202 valence electrons. The Morgan fingerprint density at radius 2 is 1.61 bits per heavy atom. The number of nitrogens with zero attached hydrogens (tertiary/aromatic N) is 1. The summed E-state index contributed by atoms with van der Waals surface area (Å²) in [5.41, 5.74) is 0.620. The van der Waals surface area contributed by atoms with Gasteiger partial charge < -0.3 is 9.64 Å². The van der Waals surface area contributed by atoms with Crippen molar-refractivity contribution in [3.63, 3.8) is 0 Å². The number of carbonyl (C=O) groups excluding carboxylic acids is 3. The summed E-state index contributed by atoms with van der Waals surface area (Å²) in [6, 6.07) is 22.8. The van der Waals surface area contributed by atoms with Crippen LogP contribution in [0.2, 0.25) is 5.02 Å². The Kier molecular flexibility index (Phi) is 5.73. The van der Waals surface area contributed by atoms with Gasteiger partial charge in [-0.05, 0) is 47.5 Å². The molecule has 0 aromatic heterocycles. The van der Waals surface area contributed by atoms with E-state index in [1.165, 1.54) is 13.2 Å². The SMILES string of the molecule is COc1cccc(C(=O)[C@@H]2[C@@H](c3ccccc3F)C3(C(=O)c4ccccc4C3=O)[C@H]3C=Cc4cc(Cl)ccc4N23)c1. The summed E-state index contributed by atoms with van der Waals surface area (Å²) in [6.07, 6.45) is 3.61. The number of ether oxygens (including phenoxy) is 1. The fourth-order valence-electron chi connectivity index (χ4n) is 6.97. The predicted octanol–water partition coefficient (Wildman–Crippen LogP) is 6.80. The zero-order chi connectivity index (χ0) is 28.5. The molecular weight excluding hydrogens is 541 g/mol. The zero-order valence-corrected chi connectivity index (χ0v) is 22.6. The minimum atomic E-state index is -1.78. The van der Waals surface area contributed by atoms with Crippen molar-refractivity contribution >= 4 is 40.7 Å². The summed E-state index contributed by atoms with van der Waals surface area (Å²) in [6.45, 7) is 0. The fraction of sp³-hybridized carbons (Fsp3) is 0.147. The second kappa shape index (κ2) is 9.25. The summed E-state index contributed by atoms with van der Waals surface area (Å²) in [4.78, 5) is 45.7. The lowest BCUT2D eigenvalue weighted by Gasteiger charge is -2.37. The monoisotopic (exact) mass is 563 g/mol. The third-order valence-electron chi connectivity index (χ3n) is 8.63. The van der Waals surface area contributed by atoms with E-state index in [4.69, 9.17) is 16.3 Å². The van der Waals surface area contributed by atoms with Gasteiger partial charge in [0.2, 0.25) is 0 Å². The number of halogens is 2. The Hall–Kier alpha value is -4.55. The molecule has 5 nitrogen and oxygen atoms in total. The van der Waals surface area contributed by atoms with Gasteiger partial charge in [-0.1, -0.05) is 78.4 Å². The van der Waals surface area contributed by atoms with Crippen molar-refractivity contribution in [3.05, 3.63) is 136 Å². The van der Waals surface area contributed by atoms with Crippen LogP contribution in [0.3, 0.4) is 0 Å². The molecule has 0 unspecified atom stereocenters. The van der Waals surface area contributed by atoms with E-state index in [1.54, 1.807) is 91.0 Å². The Balaban J connectivity index is 1.56. The number of fused-ring (bicyclic) bond motifs is 5. The van der Waals surface area contributed by atoms with Gasteiger partial charge >= 0.3 is 0 Å². The van der Waals surface area contributed by atoms with Gasteiger partial charge in [-0.15, -0.1) is 0 Å². The molecule has 2 heterocycles. The highest BCUT2D eigenvalue weighted by Crippen LogP contribution is 2.61. The molecule has 0 radical (unpaired) electrons.